The van der Waals surface area contributed by atoms with Crippen molar-refractivity contribution in [3.05, 3.63) is 78.5 Å². The van der Waals surface area contributed by atoms with Gasteiger partial charge in [-0.2, -0.15) is 0 Å². The van der Waals surface area contributed by atoms with Crippen LogP contribution in [0.1, 0.15) is 32.2 Å². The molecule has 0 saturated carbocycles. The Morgan fingerprint density at radius 3 is 2.48 bits per heavy atom. The fourth-order valence-electron chi connectivity index (χ4n) is 2.84. The van der Waals surface area contributed by atoms with Gasteiger partial charge in [0, 0.05) is 29.6 Å². The van der Waals surface area contributed by atoms with Crippen LogP contribution in [0.5, 0.6) is 0 Å². The molecule has 29 heavy (non-hydrogen) atoms. The average molecular weight is 403 g/mol. The minimum atomic E-state index is -0.116. The third kappa shape index (κ3) is 4.51. The van der Waals surface area contributed by atoms with Gasteiger partial charge in [0.15, 0.2) is 11.0 Å². The molecular formula is C22H22N6S. The zero-order valence-corrected chi connectivity index (χ0v) is 17.5. The molecule has 0 radical (unpaired) electrons. The number of hydrogen-bond acceptors (Lipinski definition) is 6. The molecule has 6 nitrogen and oxygen atoms in total. The van der Waals surface area contributed by atoms with Crippen LogP contribution < -0.4 is 0 Å². The highest BCUT2D eigenvalue weighted by Gasteiger charge is 2.20. The number of hydrogen-bond donors (Lipinski definition) is 0. The molecule has 1 aromatic carbocycles. The number of benzene rings is 1. The van der Waals surface area contributed by atoms with Gasteiger partial charge in [0.25, 0.3) is 0 Å². The smallest absolute Gasteiger partial charge is 0.198 e. The second kappa shape index (κ2) is 8.13. The lowest BCUT2D eigenvalue weighted by atomic mass is 9.96. The number of rotatable bonds is 5. The lowest BCUT2D eigenvalue weighted by Gasteiger charge is -2.16. The molecule has 4 aromatic rings. The van der Waals surface area contributed by atoms with Gasteiger partial charge in [-0.15, -0.1) is 10.2 Å². The molecule has 146 valence electrons. The van der Waals surface area contributed by atoms with Crippen LogP contribution in [0.2, 0.25) is 0 Å². The van der Waals surface area contributed by atoms with E-state index in [1.807, 2.05) is 42.6 Å². The van der Waals surface area contributed by atoms with Gasteiger partial charge in [-0.25, -0.2) is 9.97 Å². The van der Waals surface area contributed by atoms with Crippen molar-refractivity contribution >= 4 is 11.8 Å². The fraction of sp³-hybridized carbons (Fsp3) is 0.227. The minimum Gasteiger partial charge on any atom is -0.297 e. The Balaban J connectivity index is 1.73. The van der Waals surface area contributed by atoms with Gasteiger partial charge >= 0.3 is 0 Å². The van der Waals surface area contributed by atoms with Crippen LogP contribution in [0, 0.1) is 0 Å². The van der Waals surface area contributed by atoms with Crippen LogP contribution in [0.25, 0.3) is 11.4 Å². The fourth-order valence-corrected chi connectivity index (χ4v) is 3.63. The topological polar surface area (TPSA) is 69.4 Å². The molecule has 0 aliphatic rings. The lowest BCUT2D eigenvalue weighted by molar-refractivity contribution is 0.538. The molecular weight excluding hydrogens is 380 g/mol. The standard InChI is InChI=1S/C22H22N6S/c1-22(2,3)20-24-13-11-18(25-20)29-21-27-26-19(17-10-7-12-23-14-17)28(21)15-16-8-5-4-6-9-16/h4-14H,15H2,1-3H3. The molecule has 0 N–H and O–H groups in total. The minimum absolute atomic E-state index is 0.116. The largest absolute Gasteiger partial charge is 0.297 e. The number of pyridine rings is 1. The highest BCUT2D eigenvalue weighted by atomic mass is 32.2. The summed E-state index contributed by atoms with van der Waals surface area (Å²) < 4.78 is 2.11. The van der Waals surface area contributed by atoms with Crippen LogP contribution in [0.3, 0.4) is 0 Å². The van der Waals surface area contributed by atoms with Crippen LogP contribution in [0.15, 0.2) is 77.3 Å². The van der Waals surface area contributed by atoms with Crippen molar-refractivity contribution in [1.29, 1.82) is 0 Å². The van der Waals surface area contributed by atoms with E-state index in [4.69, 9.17) is 4.98 Å². The SMILES string of the molecule is CC(C)(C)c1nccc(Sc2nnc(-c3cccnc3)n2Cc2ccccc2)n1. The predicted molar refractivity (Wildman–Crippen MR) is 114 cm³/mol. The Morgan fingerprint density at radius 1 is 0.931 bits per heavy atom. The normalized spacial score (nSPS) is 11.6. The lowest BCUT2D eigenvalue weighted by Crippen LogP contribution is -2.16. The van der Waals surface area contributed by atoms with Crippen LogP contribution in [-0.4, -0.2) is 29.7 Å². The van der Waals surface area contributed by atoms with Gasteiger partial charge in [0.05, 0.1) is 6.54 Å². The van der Waals surface area contributed by atoms with Crippen LogP contribution in [-0.2, 0) is 12.0 Å². The third-order valence-electron chi connectivity index (χ3n) is 4.32. The highest BCUT2D eigenvalue weighted by molar-refractivity contribution is 7.99. The Bertz CT molecular complexity index is 1090. The summed E-state index contributed by atoms with van der Waals surface area (Å²) >= 11 is 1.50. The average Bonchev–Trinajstić information content (AvgIpc) is 3.11. The molecule has 0 aliphatic carbocycles. The predicted octanol–water partition coefficient (Wildman–Crippen LogP) is 4.63. The van der Waals surface area contributed by atoms with Crippen molar-refractivity contribution in [3.63, 3.8) is 0 Å². The second-order valence-electron chi connectivity index (χ2n) is 7.69. The molecule has 0 aliphatic heterocycles. The summed E-state index contributed by atoms with van der Waals surface area (Å²) in [7, 11) is 0. The molecule has 0 atom stereocenters. The summed E-state index contributed by atoms with van der Waals surface area (Å²) in [6.45, 7) is 6.98. The Morgan fingerprint density at radius 2 is 1.76 bits per heavy atom. The molecule has 0 amide bonds. The highest BCUT2D eigenvalue weighted by Crippen LogP contribution is 2.30. The zero-order valence-electron chi connectivity index (χ0n) is 16.6. The van der Waals surface area contributed by atoms with E-state index in [2.05, 4.69) is 57.6 Å². The third-order valence-corrected chi connectivity index (χ3v) is 5.24. The van der Waals surface area contributed by atoms with Crippen molar-refractivity contribution in [2.45, 2.75) is 42.9 Å². The summed E-state index contributed by atoms with van der Waals surface area (Å²) in [5.41, 5.74) is 1.99. The first kappa shape index (κ1) is 19.3. The van der Waals surface area contributed by atoms with E-state index in [0.717, 1.165) is 27.4 Å². The van der Waals surface area contributed by atoms with E-state index in [-0.39, 0.29) is 5.41 Å². The first-order valence-electron chi connectivity index (χ1n) is 9.39. The van der Waals surface area contributed by atoms with E-state index in [1.165, 1.54) is 17.3 Å². The van der Waals surface area contributed by atoms with Crippen molar-refractivity contribution in [2.24, 2.45) is 0 Å². The number of nitrogens with zero attached hydrogens (tertiary/aromatic N) is 6. The Labute approximate surface area is 174 Å². The molecule has 0 unspecified atom stereocenters. The molecule has 0 fully saturated rings. The maximum absolute atomic E-state index is 4.73. The summed E-state index contributed by atoms with van der Waals surface area (Å²) in [6.07, 6.45) is 5.37. The summed E-state index contributed by atoms with van der Waals surface area (Å²) in [6, 6.07) is 16.1. The number of aromatic nitrogens is 6. The van der Waals surface area contributed by atoms with Gasteiger partial charge < -0.3 is 0 Å². The van der Waals surface area contributed by atoms with Crippen molar-refractivity contribution < 1.29 is 0 Å². The first-order chi connectivity index (χ1) is 14.0. The maximum atomic E-state index is 4.73. The van der Waals surface area contributed by atoms with E-state index < -0.39 is 0 Å². The summed E-state index contributed by atoms with van der Waals surface area (Å²) in [4.78, 5) is 13.4. The monoisotopic (exact) mass is 402 g/mol. The van der Waals surface area contributed by atoms with Gasteiger partial charge in [-0.3, -0.25) is 9.55 Å². The van der Waals surface area contributed by atoms with Crippen LogP contribution >= 0.6 is 11.8 Å². The zero-order chi connectivity index (χ0) is 20.3. The van der Waals surface area contributed by atoms with Crippen molar-refractivity contribution in [2.75, 3.05) is 0 Å². The molecule has 0 bridgehead atoms. The first-order valence-corrected chi connectivity index (χ1v) is 10.2. The Hall–Kier alpha value is -3.06. The summed E-state index contributed by atoms with van der Waals surface area (Å²) in [5.74, 6) is 1.60. The van der Waals surface area contributed by atoms with Gasteiger partial charge in [0.1, 0.15) is 10.9 Å². The summed E-state index contributed by atoms with van der Waals surface area (Å²) in [5, 5.41) is 10.6. The van der Waals surface area contributed by atoms with Gasteiger partial charge in [-0.1, -0.05) is 51.1 Å². The second-order valence-corrected chi connectivity index (χ2v) is 8.68. The van der Waals surface area contributed by atoms with E-state index in [1.54, 1.807) is 12.4 Å². The maximum Gasteiger partial charge on any atom is 0.198 e. The van der Waals surface area contributed by atoms with E-state index >= 15 is 0 Å². The van der Waals surface area contributed by atoms with Gasteiger partial charge in [-0.05, 0) is 35.5 Å². The molecule has 3 heterocycles. The van der Waals surface area contributed by atoms with E-state index in [9.17, 15) is 0 Å². The van der Waals surface area contributed by atoms with E-state index in [0.29, 0.717) is 6.54 Å². The molecule has 0 spiro atoms. The molecule has 3 aromatic heterocycles. The van der Waals surface area contributed by atoms with Crippen molar-refractivity contribution in [3.8, 4) is 11.4 Å². The molecule has 7 heteroatoms. The quantitative estimate of drug-likeness (QED) is 0.454. The van der Waals surface area contributed by atoms with Crippen LogP contribution in [0.4, 0.5) is 0 Å². The molecule has 4 rings (SSSR count). The van der Waals surface area contributed by atoms with Crippen molar-refractivity contribution in [1.82, 2.24) is 29.7 Å². The Kier molecular flexibility index (Phi) is 5.40. The molecule has 0 saturated heterocycles. The van der Waals surface area contributed by atoms with Gasteiger partial charge in [0.2, 0.25) is 0 Å².